The number of imidazole rings is 1. The van der Waals surface area contributed by atoms with Crippen molar-refractivity contribution in [2.24, 2.45) is 14.1 Å². The fourth-order valence-corrected chi connectivity index (χ4v) is 4.82. The highest BCUT2D eigenvalue weighted by Gasteiger charge is 2.38. The lowest BCUT2D eigenvalue weighted by Crippen LogP contribution is -2.43. The van der Waals surface area contributed by atoms with E-state index >= 15 is 0 Å². The first-order valence-electron chi connectivity index (χ1n) is 13.1. The fraction of sp³-hybridized carbons (Fsp3) is 0.321. The van der Waals surface area contributed by atoms with E-state index in [0.717, 1.165) is 4.57 Å². The number of aromatic nitrogens is 4. The number of carboxylic acids is 1. The highest BCUT2D eigenvalue weighted by Crippen LogP contribution is 2.28. The van der Waals surface area contributed by atoms with Crippen molar-refractivity contribution < 1.29 is 36.6 Å². The normalized spacial score (nSPS) is 13.1. The molecule has 3 aromatic heterocycles. The van der Waals surface area contributed by atoms with Crippen LogP contribution in [0, 0.1) is 18.6 Å². The van der Waals surface area contributed by atoms with Gasteiger partial charge < -0.3 is 24.7 Å². The van der Waals surface area contributed by atoms with Crippen LogP contribution in [0.3, 0.4) is 0 Å². The van der Waals surface area contributed by atoms with Crippen LogP contribution >= 0.6 is 0 Å². The average molecular weight is 623 g/mol. The summed E-state index contributed by atoms with van der Waals surface area (Å²) in [4.78, 5) is 54.5. The van der Waals surface area contributed by atoms with Gasteiger partial charge in [-0.2, -0.15) is 13.2 Å². The van der Waals surface area contributed by atoms with E-state index < -0.39 is 77.1 Å². The number of benzene rings is 1. The molecule has 0 saturated heterocycles. The Labute approximate surface area is 245 Å². The van der Waals surface area contributed by atoms with Crippen molar-refractivity contribution in [1.29, 1.82) is 0 Å². The van der Waals surface area contributed by atoms with E-state index in [-0.39, 0.29) is 16.9 Å². The van der Waals surface area contributed by atoms with Crippen molar-refractivity contribution in [3.05, 3.63) is 86.1 Å². The Morgan fingerprint density at radius 3 is 2.27 bits per heavy atom. The number of hydrogen-bond acceptors (Lipinski definition) is 6. The van der Waals surface area contributed by atoms with Crippen LogP contribution < -0.4 is 21.9 Å². The highest BCUT2D eigenvalue weighted by atomic mass is 19.4. The minimum Gasteiger partial charge on any atom is -0.480 e. The second-order valence-electron chi connectivity index (χ2n) is 10.1. The fourth-order valence-electron chi connectivity index (χ4n) is 4.82. The third-order valence-corrected chi connectivity index (χ3v) is 7.29. The van der Waals surface area contributed by atoms with Gasteiger partial charge in [-0.1, -0.05) is 6.92 Å². The SMILES string of the molecule is CCC(Nc1cc(F)c(C(=O)NC(Cc2ccc(-c3c(C)n(C)c(=O)n(C)c3=O)c3nccn23)C(=O)O)c(F)c1)C(F)(F)F. The lowest BCUT2D eigenvalue weighted by Gasteiger charge is -2.22. The van der Waals surface area contributed by atoms with E-state index in [4.69, 9.17) is 0 Å². The first kappa shape index (κ1) is 31.9. The monoisotopic (exact) mass is 622 g/mol. The smallest absolute Gasteiger partial charge is 0.408 e. The van der Waals surface area contributed by atoms with Gasteiger partial charge in [0.2, 0.25) is 0 Å². The molecule has 0 aliphatic rings. The van der Waals surface area contributed by atoms with Crippen molar-refractivity contribution in [1.82, 2.24) is 23.8 Å². The third kappa shape index (κ3) is 5.91. The zero-order valence-corrected chi connectivity index (χ0v) is 23.8. The van der Waals surface area contributed by atoms with Crippen molar-refractivity contribution >= 4 is 23.2 Å². The van der Waals surface area contributed by atoms with E-state index in [0.29, 0.717) is 23.4 Å². The Hall–Kier alpha value is -5.02. The lowest BCUT2D eigenvalue weighted by atomic mass is 10.0. The predicted molar refractivity (Wildman–Crippen MR) is 149 cm³/mol. The van der Waals surface area contributed by atoms with Crippen LogP contribution in [0.5, 0.6) is 0 Å². The van der Waals surface area contributed by atoms with Gasteiger partial charge in [-0.05, 0) is 37.6 Å². The number of rotatable bonds is 9. The average Bonchev–Trinajstić information content (AvgIpc) is 3.44. The van der Waals surface area contributed by atoms with Gasteiger partial charge in [-0.3, -0.25) is 14.2 Å². The number of amides is 1. The second-order valence-corrected chi connectivity index (χ2v) is 10.1. The number of nitrogens with zero attached hydrogens (tertiary/aromatic N) is 4. The van der Waals surface area contributed by atoms with Crippen LogP contribution in [0.1, 0.15) is 35.1 Å². The molecule has 11 nitrogen and oxygen atoms in total. The molecule has 234 valence electrons. The van der Waals surface area contributed by atoms with Crippen LogP contribution in [0.4, 0.5) is 27.6 Å². The molecule has 0 fully saturated rings. The molecule has 4 rings (SSSR count). The van der Waals surface area contributed by atoms with Gasteiger partial charge in [-0.15, -0.1) is 0 Å². The summed E-state index contributed by atoms with van der Waals surface area (Å²) < 4.78 is 72.5. The minimum atomic E-state index is -4.70. The summed E-state index contributed by atoms with van der Waals surface area (Å²) in [5, 5.41) is 13.8. The van der Waals surface area contributed by atoms with E-state index in [1.165, 1.54) is 54.5 Å². The Morgan fingerprint density at radius 1 is 1.07 bits per heavy atom. The van der Waals surface area contributed by atoms with Crippen LogP contribution in [-0.4, -0.2) is 53.8 Å². The molecule has 1 aromatic carbocycles. The number of hydrogen-bond donors (Lipinski definition) is 3. The first-order chi connectivity index (χ1) is 20.6. The van der Waals surface area contributed by atoms with Crippen molar-refractivity contribution in [2.45, 2.75) is 44.9 Å². The summed E-state index contributed by atoms with van der Waals surface area (Å²) in [7, 11) is 2.82. The maximum Gasteiger partial charge on any atom is 0.408 e. The predicted octanol–water partition coefficient (Wildman–Crippen LogP) is 3.16. The Morgan fingerprint density at radius 2 is 1.70 bits per heavy atom. The van der Waals surface area contributed by atoms with Crippen LogP contribution in [0.2, 0.25) is 0 Å². The van der Waals surface area contributed by atoms with E-state index in [1.54, 1.807) is 6.92 Å². The number of fused-ring (bicyclic) bond motifs is 1. The van der Waals surface area contributed by atoms with E-state index in [2.05, 4.69) is 10.3 Å². The third-order valence-electron chi connectivity index (χ3n) is 7.29. The van der Waals surface area contributed by atoms with Gasteiger partial charge >= 0.3 is 17.8 Å². The molecule has 4 aromatic rings. The number of aliphatic carboxylic acids is 1. The zero-order valence-electron chi connectivity index (χ0n) is 23.8. The molecule has 3 N–H and O–H groups in total. The molecule has 0 spiro atoms. The highest BCUT2D eigenvalue weighted by molar-refractivity contribution is 5.97. The van der Waals surface area contributed by atoms with Gasteiger partial charge in [0.05, 0.1) is 5.56 Å². The molecule has 16 heteroatoms. The molecule has 2 atom stereocenters. The molecule has 0 radical (unpaired) electrons. The largest absolute Gasteiger partial charge is 0.480 e. The topological polar surface area (TPSA) is 140 Å². The molecular formula is C28H27F5N6O5. The van der Waals surface area contributed by atoms with Gasteiger partial charge in [-0.25, -0.2) is 23.4 Å². The number of carbonyl (C=O) groups is 2. The first-order valence-corrected chi connectivity index (χ1v) is 13.1. The Kier molecular flexibility index (Phi) is 8.65. The Balaban J connectivity index is 1.65. The summed E-state index contributed by atoms with van der Waals surface area (Å²) in [5.41, 5.74) is -1.42. The molecule has 1 amide bonds. The number of anilines is 1. The number of halogens is 5. The van der Waals surface area contributed by atoms with Crippen molar-refractivity contribution in [2.75, 3.05) is 5.32 Å². The molecule has 3 heterocycles. The molecule has 2 unspecified atom stereocenters. The number of carbonyl (C=O) groups excluding carboxylic acids is 1. The summed E-state index contributed by atoms with van der Waals surface area (Å²) >= 11 is 0. The molecule has 0 saturated carbocycles. The van der Waals surface area contributed by atoms with Crippen LogP contribution in [0.15, 0.2) is 46.2 Å². The van der Waals surface area contributed by atoms with E-state index in [9.17, 15) is 46.2 Å². The van der Waals surface area contributed by atoms with Crippen molar-refractivity contribution in [3.8, 4) is 11.1 Å². The van der Waals surface area contributed by atoms with Crippen LogP contribution in [-0.2, 0) is 25.3 Å². The summed E-state index contributed by atoms with van der Waals surface area (Å²) in [6, 6.07) is 0.204. The summed E-state index contributed by atoms with van der Waals surface area (Å²) in [5.74, 6) is -5.98. The molecule has 0 aliphatic carbocycles. The molecule has 0 aliphatic heterocycles. The summed E-state index contributed by atoms with van der Waals surface area (Å²) in [6.07, 6.45) is -2.65. The lowest BCUT2D eigenvalue weighted by molar-refractivity contribution is -0.143. The number of carboxylic acid groups (broad SMARTS) is 1. The van der Waals surface area contributed by atoms with Gasteiger partial charge in [0.25, 0.3) is 11.5 Å². The number of pyridine rings is 1. The maximum atomic E-state index is 14.8. The molecule has 0 bridgehead atoms. The maximum absolute atomic E-state index is 14.8. The zero-order chi connectivity index (χ0) is 32.7. The summed E-state index contributed by atoms with van der Waals surface area (Å²) in [6.45, 7) is 2.81. The standard InChI is InChI=1S/C28H27F5N6O5/c1-5-20(28(31,32)33)35-14-10-17(29)22(18(30)11-14)24(40)36-19(26(42)43)12-15-6-7-16(23-34-8-9-39(15)23)21-13(2)37(3)27(44)38(4)25(21)41/h6-11,19-20,35H,5,12H2,1-4H3,(H,36,40)(H,42,43). The van der Waals surface area contributed by atoms with E-state index in [1.807, 2.05) is 5.32 Å². The number of alkyl halides is 3. The van der Waals surface area contributed by atoms with Crippen molar-refractivity contribution in [3.63, 3.8) is 0 Å². The Bertz CT molecular complexity index is 1870. The quantitative estimate of drug-likeness (QED) is 0.244. The minimum absolute atomic E-state index is 0.185. The van der Waals surface area contributed by atoms with Gasteiger partial charge in [0.1, 0.15) is 34.9 Å². The second kappa shape index (κ2) is 11.9. The number of nitrogens with one attached hydrogen (secondary N) is 2. The molecular weight excluding hydrogens is 595 g/mol. The van der Waals surface area contributed by atoms with Gasteiger partial charge in [0, 0.05) is 55.5 Å². The van der Waals surface area contributed by atoms with Gasteiger partial charge in [0.15, 0.2) is 0 Å². The molecule has 44 heavy (non-hydrogen) atoms. The van der Waals surface area contributed by atoms with Crippen LogP contribution in [0.25, 0.3) is 16.8 Å².